The van der Waals surface area contributed by atoms with E-state index in [1.54, 1.807) is 13.2 Å². The third-order valence-electron chi connectivity index (χ3n) is 10.7. The molecule has 3 fully saturated rings. The lowest BCUT2D eigenvalue weighted by molar-refractivity contribution is -0.217. The maximum absolute atomic E-state index is 12.7. The van der Waals surface area contributed by atoms with Gasteiger partial charge in [-0.2, -0.15) is 0 Å². The molecule has 0 unspecified atom stereocenters. The maximum Gasteiger partial charge on any atom is 0.165 e. The normalized spacial score (nSPS) is 29.9. The highest BCUT2D eigenvalue weighted by molar-refractivity contribution is 8.23. The van der Waals surface area contributed by atoms with Crippen LogP contribution in [-0.4, -0.2) is 63.5 Å². The van der Waals surface area contributed by atoms with Crippen molar-refractivity contribution >= 4 is 34.0 Å². The number of para-hydroxylation sites is 1. The molecule has 7 nitrogen and oxygen atoms in total. The first-order chi connectivity index (χ1) is 21.4. The van der Waals surface area contributed by atoms with Gasteiger partial charge in [0.05, 0.1) is 30.8 Å². The van der Waals surface area contributed by atoms with E-state index in [4.69, 9.17) is 26.4 Å². The number of nitrogens with one attached hydrogen (secondary N) is 1. The summed E-state index contributed by atoms with van der Waals surface area (Å²) in [6.45, 7) is 2.38. The van der Waals surface area contributed by atoms with Crippen LogP contribution in [0.5, 0.6) is 17.2 Å². The number of aromatic hydroxyl groups is 1. The summed E-state index contributed by atoms with van der Waals surface area (Å²) in [5.41, 5.74) is 2.64. The van der Waals surface area contributed by atoms with E-state index in [9.17, 15) is 10.2 Å². The van der Waals surface area contributed by atoms with E-state index >= 15 is 0 Å². The second kappa shape index (κ2) is 10.9. The Morgan fingerprint density at radius 2 is 1.91 bits per heavy atom. The number of phenols is 1. The molecule has 0 amide bonds. The van der Waals surface area contributed by atoms with Crippen LogP contribution in [0.3, 0.4) is 0 Å². The molecule has 1 spiro atoms. The second-order valence-electron chi connectivity index (χ2n) is 13.0. The van der Waals surface area contributed by atoms with Crippen LogP contribution < -0.4 is 14.8 Å². The van der Waals surface area contributed by atoms with Crippen molar-refractivity contribution < 1.29 is 24.4 Å². The number of rotatable bonds is 8. The van der Waals surface area contributed by atoms with Crippen molar-refractivity contribution in [1.82, 2.24) is 4.90 Å². The minimum absolute atomic E-state index is 0.0565. The first-order valence-corrected chi connectivity index (χ1v) is 16.9. The highest BCUT2D eigenvalue weighted by Crippen LogP contribution is 2.66. The number of aliphatic hydroxyl groups is 1. The molecule has 2 aliphatic heterocycles. The molecule has 230 valence electrons. The molecule has 9 heteroatoms. The van der Waals surface area contributed by atoms with Gasteiger partial charge in [0, 0.05) is 34.3 Å². The van der Waals surface area contributed by atoms with Gasteiger partial charge in [-0.3, -0.25) is 4.90 Å². The van der Waals surface area contributed by atoms with Gasteiger partial charge in [-0.1, -0.05) is 48.2 Å². The van der Waals surface area contributed by atoms with Crippen molar-refractivity contribution in [1.29, 1.82) is 0 Å². The number of phenolic OH excluding ortho intramolecular Hbond substituents is 1. The number of ether oxygens (including phenoxy) is 3. The van der Waals surface area contributed by atoms with Gasteiger partial charge in [-0.25, -0.2) is 0 Å². The van der Waals surface area contributed by atoms with Gasteiger partial charge in [-0.15, -0.1) is 0 Å². The zero-order valence-corrected chi connectivity index (χ0v) is 26.5. The number of thiocarbonyl (C=S) groups is 1. The van der Waals surface area contributed by atoms with Crippen LogP contribution in [0.4, 0.5) is 5.69 Å². The molecular formula is C35H38N2O5S2. The average molecular weight is 631 g/mol. The summed E-state index contributed by atoms with van der Waals surface area (Å²) in [4.78, 5) is 3.59. The molecule has 2 bridgehead atoms. The van der Waals surface area contributed by atoms with Crippen molar-refractivity contribution in [2.24, 2.45) is 5.92 Å². The van der Waals surface area contributed by atoms with Crippen molar-refractivity contribution in [2.45, 2.75) is 79.3 Å². The standard InChI is InChI=1S/C35H38N2O5S2/c1-40-24-9-11-25(12-10-24)44-33(43)36-26-5-3-2-4-23(26)20-41-28-14-15-35(39)29-18-22-8-13-27(38)31-30(22)34(35,32(28)42-31)16-17-37(29)19-21-6-7-21/h2-5,8-13,21,28-29,32,38-39H,6-7,14-20H2,1H3,(H,36,43)/t28-,29-,32+,34+,35-/m1/s1. The summed E-state index contributed by atoms with van der Waals surface area (Å²) >= 11 is 7.19. The third kappa shape index (κ3) is 4.54. The predicted molar refractivity (Wildman–Crippen MR) is 175 cm³/mol. The van der Waals surface area contributed by atoms with Crippen LogP contribution in [0.2, 0.25) is 0 Å². The van der Waals surface area contributed by atoms with Crippen LogP contribution in [0.15, 0.2) is 65.6 Å². The van der Waals surface area contributed by atoms with Crippen molar-refractivity contribution in [3.8, 4) is 17.2 Å². The molecule has 5 aliphatic rings. The Morgan fingerprint density at radius 3 is 2.70 bits per heavy atom. The van der Waals surface area contributed by atoms with E-state index < -0.39 is 11.0 Å². The van der Waals surface area contributed by atoms with E-state index in [1.165, 1.54) is 30.2 Å². The summed E-state index contributed by atoms with van der Waals surface area (Å²) < 4.78 is 19.3. The monoisotopic (exact) mass is 630 g/mol. The Balaban J connectivity index is 1.03. The molecule has 3 aliphatic carbocycles. The fraction of sp³-hybridized carbons (Fsp3) is 0.457. The van der Waals surface area contributed by atoms with Crippen molar-refractivity contribution in [3.63, 3.8) is 0 Å². The van der Waals surface area contributed by atoms with Crippen LogP contribution >= 0.6 is 24.0 Å². The zero-order chi connectivity index (χ0) is 30.1. The van der Waals surface area contributed by atoms with Gasteiger partial charge in [0.25, 0.3) is 0 Å². The summed E-state index contributed by atoms with van der Waals surface area (Å²) in [7, 11) is 1.66. The molecule has 2 heterocycles. The Labute approximate surface area is 267 Å². The predicted octanol–water partition coefficient (Wildman–Crippen LogP) is 6.04. The van der Waals surface area contributed by atoms with Gasteiger partial charge < -0.3 is 29.7 Å². The lowest BCUT2D eigenvalue weighted by Crippen LogP contribution is -2.77. The number of benzene rings is 3. The Hall–Kier alpha value is -2.82. The first-order valence-electron chi connectivity index (χ1n) is 15.7. The highest BCUT2D eigenvalue weighted by Gasteiger charge is 2.73. The number of piperidine rings is 1. The smallest absolute Gasteiger partial charge is 0.165 e. The minimum Gasteiger partial charge on any atom is -0.504 e. The zero-order valence-electron chi connectivity index (χ0n) is 24.8. The number of hydrogen-bond donors (Lipinski definition) is 3. The largest absolute Gasteiger partial charge is 0.504 e. The van der Waals surface area contributed by atoms with E-state index in [-0.39, 0.29) is 24.0 Å². The number of anilines is 1. The highest BCUT2D eigenvalue weighted by atomic mass is 32.2. The Bertz CT molecular complexity index is 1600. The molecular weight excluding hydrogens is 593 g/mol. The molecule has 3 aromatic carbocycles. The van der Waals surface area contributed by atoms with Crippen LogP contribution in [0, 0.1) is 5.92 Å². The minimum atomic E-state index is -0.916. The van der Waals surface area contributed by atoms with Gasteiger partial charge in [0.1, 0.15) is 16.2 Å². The topological polar surface area (TPSA) is 83.4 Å². The fourth-order valence-corrected chi connectivity index (χ4v) is 9.50. The van der Waals surface area contributed by atoms with Crippen molar-refractivity contribution in [2.75, 3.05) is 25.5 Å². The molecule has 44 heavy (non-hydrogen) atoms. The first kappa shape index (κ1) is 28.6. The van der Waals surface area contributed by atoms with Gasteiger partial charge >= 0.3 is 0 Å². The van der Waals surface area contributed by atoms with Crippen molar-refractivity contribution in [3.05, 3.63) is 77.4 Å². The molecule has 5 atom stereocenters. The van der Waals surface area contributed by atoms with Crippen LogP contribution in [0.25, 0.3) is 0 Å². The fourth-order valence-electron chi connectivity index (χ4n) is 8.46. The lowest BCUT2D eigenvalue weighted by atomic mass is 9.48. The second-order valence-corrected chi connectivity index (χ2v) is 14.8. The summed E-state index contributed by atoms with van der Waals surface area (Å²) in [5.74, 6) is 2.28. The third-order valence-corrected chi connectivity index (χ3v) is 11.8. The lowest BCUT2D eigenvalue weighted by Gasteiger charge is -2.64. The van der Waals surface area contributed by atoms with E-state index in [2.05, 4.69) is 16.3 Å². The maximum atomic E-state index is 12.7. The molecule has 0 aromatic heterocycles. The van der Waals surface area contributed by atoms with E-state index in [0.29, 0.717) is 29.5 Å². The molecule has 1 saturated heterocycles. The molecule has 8 rings (SSSR count). The molecule has 2 saturated carbocycles. The summed E-state index contributed by atoms with van der Waals surface area (Å²) in [6, 6.07) is 19.8. The molecule has 0 radical (unpaired) electrons. The van der Waals surface area contributed by atoms with E-state index in [0.717, 1.165) is 59.3 Å². The molecule has 3 aromatic rings. The van der Waals surface area contributed by atoms with Crippen LogP contribution in [-0.2, 0) is 23.2 Å². The van der Waals surface area contributed by atoms with E-state index in [1.807, 2.05) is 48.5 Å². The van der Waals surface area contributed by atoms with Gasteiger partial charge in [-0.05, 0) is 92.9 Å². The Kier molecular flexibility index (Phi) is 7.10. The summed E-state index contributed by atoms with van der Waals surface area (Å²) in [5, 5.41) is 27.0. The number of likely N-dealkylation sites (tertiary alicyclic amines) is 1. The molecule has 3 N–H and O–H groups in total. The van der Waals surface area contributed by atoms with Gasteiger partial charge in [0.15, 0.2) is 11.5 Å². The number of nitrogens with zero attached hydrogens (tertiary/aromatic N) is 1. The number of thioether (sulfide) groups is 1. The quantitative estimate of drug-likeness (QED) is 0.204. The number of methoxy groups -OCH3 is 1. The summed E-state index contributed by atoms with van der Waals surface area (Å²) in [6.07, 6.45) is 4.95. The SMILES string of the molecule is COc1ccc(SC(=S)Nc2ccccc2CO[C@@H]2CC[C@@]3(O)[C@H]4Cc5ccc(O)c6c5[C@@]3(CCN4CC3CC3)[C@H]2O6)cc1. The number of hydrogen-bond acceptors (Lipinski definition) is 8. The average Bonchev–Trinajstić information content (AvgIpc) is 3.77. The Morgan fingerprint density at radius 1 is 1.09 bits per heavy atom. The van der Waals surface area contributed by atoms with Gasteiger partial charge in [0.2, 0.25) is 0 Å². The van der Waals surface area contributed by atoms with Crippen LogP contribution in [0.1, 0.15) is 48.8 Å².